The number of aryl methyl sites for hydroxylation is 1. The van der Waals surface area contributed by atoms with Crippen molar-refractivity contribution >= 4 is 22.4 Å². The van der Waals surface area contributed by atoms with Gasteiger partial charge in [-0.15, -0.1) is 0 Å². The number of hydrogen-bond donors (Lipinski definition) is 1. The van der Waals surface area contributed by atoms with Crippen LogP contribution in [0.2, 0.25) is 5.02 Å². The lowest BCUT2D eigenvalue weighted by Gasteiger charge is -2.17. The Kier molecular flexibility index (Phi) is 5.35. The molecule has 0 aromatic heterocycles. The number of benzene rings is 2. The SMILES string of the molecule is CNC(CS(=O)c1ccccc1Cl)c1ccc(C)cc1. The zero-order chi connectivity index (χ0) is 14.5. The van der Waals surface area contributed by atoms with Crippen LogP contribution < -0.4 is 5.32 Å². The molecule has 2 aromatic carbocycles. The molecule has 0 heterocycles. The van der Waals surface area contributed by atoms with Crippen LogP contribution in [0.25, 0.3) is 0 Å². The quantitative estimate of drug-likeness (QED) is 0.912. The first kappa shape index (κ1) is 15.2. The smallest absolute Gasteiger partial charge is 0.0574 e. The van der Waals surface area contributed by atoms with Gasteiger partial charge in [0.2, 0.25) is 0 Å². The van der Waals surface area contributed by atoms with Crippen LogP contribution in [0.1, 0.15) is 17.2 Å². The van der Waals surface area contributed by atoms with Gasteiger partial charge in [-0.2, -0.15) is 0 Å². The van der Waals surface area contributed by atoms with Gasteiger partial charge >= 0.3 is 0 Å². The topological polar surface area (TPSA) is 29.1 Å². The van der Waals surface area contributed by atoms with Crippen LogP contribution in [-0.2, 0) is 10.8 Å². The number of nitrogens with one attached hydrogen (secondary N) is 1. The summed E-state index contributed by atoms with van der Waals surface area (Å²) in [5.74, 6) is 0.503. The third-order valence-electron chi connectivity index (χ3n) is 3.23. The largest absolute Gasteiger partial charge is 0.312 e. The highest BCUT2D eigenvalue weighted by Crippen LogP contribution is 2.23. The van der Waals surface area contributed by atoms with Crippen LogP contribution in [0.5, 0.6) is 0 Å². The molecular formula is C16H18ClNOS. The summed E-state index contributed by atoms with van der Waals surface area (Å²) in [7, 11) is 0.758. The molecule has 106 valence electrons. The first-order valence-corrected chi connectivity index (χ1v) is 8.18. The number of rotatable bonds is 5. The van der Waals surface area contributed by atoms with Gasteiger partial charge in [0.15, 0.2) is 0 Å². The van der Waals surface area contributed by atoms with Gasteiger partial charge in [-0.1, -0.05) is 53.6 Å². The molecule has 0 bridgehead atoms. The Morgan fingerprint density at radius 3 is 2.40 bits per heavy atom. The summed E-state index contributed by atoms with van der Waals surface area (Å²) in [5, 5.41) is 3.78. The van der Waals surface area contributed by atoms with Crippen molar-refractivity contribution in [2.24, 2.45) is 0 Å². The normalized spacial score (nSPS) is 13.9. The van der Waals surface area contributed by atoms with Crippen molar-refractivity contribution in [2.45, 2.75) is 17.9 Å². The van der Waals surface area contributed by atoms with Crippen LogP contribution >= 0.6 is 11.6 Å². The second-order valence-corrected chi connectivity index (χ2v) is 6.57. The van der Waals surface area contributed by atoms with Crippen molar-refractivity contribution in [3.8, 4) is 0 Å². The van der Waals surface area contributed by atoms with Crippen molar-refractivity contribution in [1.29, 1.82) is 0 Å². The Morgan fingerprint density at radius 2 is 1.80 bits per heavy atom. The zero-order valence-corrected chi connectivity index (χ0v) is 13.2. The predicted molar refractivity (Wildman–Crippen MR) is 85.7 cm³/mol. The molecule has 0 saturated carbocycles. The van der Waals surface area contributed by atoms with Crippen molar-refractivity contribution in [1.82, 2.24) is 5.32 Å². The molecule has 20 heavy (non-hydrogen) atoms. The van der Waals surface area contributed by atoms with E-state index in [1.807, 2.05) is 25.2 Å². The first-order chi connectivity index (χ1) is 9.61. The molecule has 0 fully saturated rings. The van der Waals surface area contributed by atoms with E-state index in [4.69, 9.17) is 11.6 Å². The lowest BCUT2D eigenvalue weighted by Crippen LogP contribution is -2.22. The van der Waals surface area contributed by atoms with Gasteiger partial charge in [0.05, 0.1) is 20.7 Å². The third-order valence-corrected chi connectivity index (χ3v) is 5.15. The Labute approximate surface area is 127 Å². The molecular weight excluding hydrogens is 290 g/mol. The van der Waals surface area contributed by atoms with Gasteiger partial charge in [-0.25, -0.2) is 0 Å². The lowest BCUT2D eigenvalue weighted by atomic mass is 10.1. The summed E-state index contributed by atoms with van der Waals surface area (Å²) in [4.78, 5) is 0.696. The Balaban J connectivity index is 2.16. The van der Waals surface area contributed by atoms with E-state index >= 15 is 0 Å². The Bertz CT molecular complexity index is 598. The highest BCUT2D eigenvalue weighted by Gasteiger charge is 2.16. The van der Waals surface area contributed by atoms with Crippen LogP contribution in [0.4, 0.5) is 0 Å². The molecule has 0 aliphatic rings. The Hall–Kier alpha value is -1.16. The van der Waals surface area contributed by atoms with Crippen LogP contribution in [0.3, 0.4) is 0 Å². The first-order valence-electron chi connectivity index (χ1n) is 6.48. The van der Waals surface area contributed by atoms with Gasteiger partial charge in [-0.05, 0) is 31.7 Å². The fourth-order valence-electron chi connectivity index (χ4n) is 2.02. The highest BCUT2D eigenvalue weighted by molar-refractivity contribution is 7.85. The molecule has 2 atom stereocenters. The molecule has 1 N–H and O–H groups in total. The highest BCUT2D eigenvalue weighted by atomic mass is 35.5. The predicted octanol–water partition coefficient (Wildman–Crippen LogP) is 3.72. The fraction of sp³-hybridized carbons (Fsp3) is 0.250. The van der Waals surface area contributed by atoms with Crippen LogP contribution in [0, 0.1) is 6.92 Å². The average molecular weight is 308 g/mol. The molecule has 0 saturated heterocycles. The van der Waals surface area contributed by atoms with Crippen molar-refractivity contribution in [3.05, 3.63) is 64.7 Å². The van der Waals surface area contributed by atoms with E-state index in [-0.39, 0.29) is 6.04 Å². The van der Waals surface area contributed by atoms with Crippen molar-refractivity contribution in [2.75, 3.05) is 12.8 Å². The maximum absolute atomic E-state index is 12.5. The van der Waals surface area contributed by atoms with Gasteiger partial charge < -0.3 is 5.32 Å². The zero-order valence-electron chi connectivity index (χ0n) is 11.6. The minimum atomic E-state index is -1.13. The molecule has 4 heteroatoms. The van der Waals surface area contributed by atoms with E-state index in [0.717, 1.165) is 5.56 Å². The maximum atomic E-state index is 12.5. The second kappa shape index (κ2) is 7.02. The third kappa shape index (κ3) is 3.69. The van der Waals surface area contributed by atoms with Gasteiger partial charge in [-0.3, -0.25) is 4.21 Å². The summed E-state index contributed by atoms with van der Waals surface area (Å²) >= 11 is 6.10. The van der Waals surface area contributed by atoms with E-state index in [9.17, 15) is 4.21 Å². The lowest BCUT2D eigenvalue weighted by molar-refractivity contribution is 0.635. The van der Waals surface area contributed by atoms with E-state index in [1.54, 1.807) is 6.07 Å². The molecule has 0 aliphatic heterocycles. The van der Waals surface area contributed by atoms with E-state index in [0.29, 0.717) is 15.7 Å². The van der Waals surface area contributed by atoms with E-state index < -0.39 is 10.8 Å². The molecule has 2 nitrogen and oxygen atoms in total. The van der Waals surface area contributed by atoms with Gasteiger partial charge in [0.1, 0.15) is 0 Å². The summed E-state index contributed by atoms with van der Waals surface area (Å²) < 4.78 is 12.5. The van der Waals surface area contributed by atoms with Gasteiger partial charge in [0.25, 0.3) is 0 Å². The molecule has 2 aromatic rings. The summed E-state index contributed by atoms with van der Waals surface area (Å²) in [6, 6.07) is 15.6. The maximum Gasteiger partial charge on any atom is 0.0574 e. The number of halogens is 1. The summed E-state index contributed by atoms with van der Waals surface area (Å²) in [6.45, 7) is 2.06. The molecule has 0 aliphatic carbocycles. The van der Waals surface area contributed by atoms with E-state index in [1.165, 1.54) is 5.56 Å². The van der Waals surface area contributed by atoms with Crippen LogP contribution in [0.15, 0.2) is 53.4 Å². The monoisotopic (exact) mass is 307 g/mol. The fourth-order valence-corrected chi connectivity index (χ4v) is 3.77. The molecule has 0 radical (unpaired) electrons. The number of hydrogen-bond acceptors (Lipinski definition) is 2. The average Bonchev–Trinajstić information content (AvgIpc) is 2.46. The van der Waals surface area contributed by atoms with Crippen molar-refractivity contribution < 1.29 is 4.21 Å². The minimum Gasteiger partial charge on any atom is -0.312 e. The standard InChI is InChI=1S/C16H18ClNOS/c1-12-7-9-13(10-8-12)15(18-2)11-20(19)16-6-4-3-5-14(16)17/h3-10,15,18H,11H2,1-2H3. The van der Waals surface area contributed by atoms with Crippen molar-refractivity contribution in [3.63, 3.8) is 0 Å². The molecule has 2 unspecified atom stereocenters. The second-order valence-electron chi connectivity index (χ2n) is 4.69. The Morgan fingerprint density at radius 1 is 1.15 bits per heavy atom. The van der Waals surface area contributed by atoms with Crippen LogP contribution in [-0.4, -0.2) is 17.0 Å². The minimum absolute atomic E-state index is 0.0488. The summed E-state index contributed by atoms with van der Waals surface area (Å²) in [6.07, 6.45) is 0. The summed E-state index contributed by atoms with van der Waals surface area (Å²) in [5.41, 5.74) is 2.36. The molecule has 0 amide bonds. The van der Waals surface area contributed by atoms with E-state index in [2.05, 4.69) is 36.5 Å². The molecule has 0 spiro atoms. The van der Waals surface area contributed by atoms with Gasteiger partial charge in [0, 0.05) is 11.8 Å². The molecule has 2 rings (SSSR count).